The van der Waals surface area contributed by atoms with Crippen LogP contribution < -0.4 is 10.1 Å². The standard InChI is InChI=1S/C20H29NO5/c1-5-14(2)26-17-10-9-15(13-16(17)18(22)24-3)21-19(23)20(25-4)11-7-6-8-12-20/h9-10,13-14H,5-8,11-12H2,1-4H3,(H,21,23). The van der Waals surface area contributed by atoms with Crippen molar-refractivity contribution in [3.05, 3.63) is 23.8 Å². The molecule has 1 aromatic rings. The fourth-order valence-electron chi connectivity index (χ4n) is 3.17. The lowest BCUT2D eigenvalue weighted by molar-refractivity contribution is -0.141. The maximum absolute atomic E-state index is 12.8. The van der Waals surface area contributed by atoms with Crippen LogP contribution >= 0.6 is 0 Å². The summed E-state index contributed by atoms with van der Waals surface area (Å²) in [5.74, 6) is -0.229. The van der Waals surface area contributed by atoms with Gasteiger partial charge in [0.1, 0.15) is 16.9 Å². The minimum atomic E-state index is -0.796. The van der Waals surface area contributed by atoms with Crippen molar-refractivity contribution >= 4 is 17.6 Å². The van der Waals surface area contributed by atoms with Crippen LogP contribution in [0.3, 0.4) is 0 Å². The number of rotatable bonds is 7. The van der Waals surface area contributed by atoms with Crippen molar-refractivity contribution in [2.24, 2.45) is 0 Å². The van der Waals surface area contributed by atoms with Gasteiger partial charge in [0.05, 0.1) is 13.2 Å². The van der Waals surface area contributed by atoms with E-state index < -0.39 is 11.6 Å². The maximum atomic E-state index is 12.8. The van der Waals surface area contributed by atoms with E-state index in [9.17, 15) is 9.59 Å². The summed E-state index contributed by atoms with van der Waals surface area (Å²) in [4.78, 5) is 24.9. The number of amides is 1. The van der Waals surface area contributed by atoms with Crippen molar-refractivity contribution in [1.29, 1.82) is 0 Å². The summed E-state index contributed by atoms with van der Waals surface area (Å²) in [5, 5.41) is 2.89. The van der Waals surface area contributed by atoms with Crippen LogP contribution in [0.4, 0.5) is 5.69 Å². The molecule has 0 radical (unpaired) electrons. The van der Waals surface area contributed by atoms with Crippen LogP contribution in [0.5, 0.6) is 5.75 Å². The second-order valence-electron chi connectivity index (χ2n) is 6.75. The highest BCUT2D eigenvalue weighted by molar-refractivity contribution is 5.99. The minimum absolute atomic E-state index is 0.0298. The molecule has 0 bridgehead atoms. The Kier molecular flexibility index (Phi) is 7.03. The largest absolute Gasteiger partial charge is 0.490 e. The molecule has 1 aliphatic carbocycles. The molecule has 0 aromatic heterocycles. The third-order valence-corrected chi connectivity index (χ3v) is 5.01. The molecular weight excluding hydrogens is 334 g/mol. The van der Waals surface area contributed by atoms with Gasteiger partial charge < -0.3 is 19.5 Å². The van der Waals surface area contributed by atoms with Crippen LogP contribution in [-0.2, 0) is 14.3 Å². The Balaban J connectivity index is 2.23. The lowest BCUT2D eigenvalue weighted by atomic mass is 9.84. The maximum Gasteiger partial charge on any atom is 0.341 e. The normalized spacial score (nSPS) is 17.2. The van der Waals surface area contributed by atoms with E-state index in [1.165, 1.54) is 7.11 Å². The molecule has 1 fully saturated rings. The van der Waals surface area contributed by atoms with Gasteiger partial charge in [-0.25, -0.2) is 4.79 Å². The highest BCUT2D eigenvalue weighted by Gasteiger charge is 2.39. The highest BCUT2D eigenvalue weighted by atomic mass is 16.5. The van der Waals surface area contributed by atoms with E-state index in [4.69, 9.17) is 14.2 Å². The lowest BCUT2D eigenvalue weighted by Crippen LogP contribution is -2.46. The Labute approximate surface area is 155 Å². The molecule has 1 saturated carbocycles. The van der Waals surface area contributed by atoms with E-state index in [0.717, 1.165) is 25.7 Å². The van der Waals surface area contributed by atoms with Gasteiger partial charge in [0.25, 0.3) is 5.91 Å². The van der Waals surface area contributed by atoms with Crippen LogP contribution in [0, 0.1) is 0 Å². The van der Waals surface area contributed by atoms with Gasteiger partial charge in [0.2, 0.25) is 0 Å². The topological polar surface area (TPSA) is 73.9 Å². The van der Waals surface area contributed by atoms with Crippen molar-refractivity contribution in [2.45, 2.75) is 64.1 Å². The third kappa shape index (κ3) is 4.55. The van der Waals surface area contributed by atoms with E-state index in [1.807, 2.05) is 13.8 Å². The molecule has 6 heteroatoms. The highest BCUT2D eigenvalue weighted by Crippen LogP contribution is 2.33. The van der Waals surface area contributed by atoms with E-state index in [2.05, 4.69) is 5.32 Å². The minimum Gasteiger partial charge on any atom is -0.490 e. The van der Waals surface area contributed by atoms with Crippen LogP contribution in [0.25, 0.3) is 0 Å². The van der Waals surface area contributed by atoms with Gasteiger partial charge in [-0.2, -0.15) is 0 Å². The third-order valence-electron chi connectivity index (χ3n) is 5.01. The fraction of sp³-hybridized carbons (Fsp3) is 0.600. The second kappa shape index (κ2) is 9.03. The predicted octanol–water partition coefficient (Wildman–Crippen LogP) is 3.94. The fourth-order valence-corrected chi connectivity index (χ4v) is 3.17. The number of esters is 1. The Hall–Kier alpha value is -2.08. The summed E-state index contributed by atoms with van der Waals surface area (Å²) in [7, 11) is 2.90. The average molecular weight is 363 g/mol. The summed E-state index contributed by atoms with van der Waals surface area (Å²) in [6.45, 7) is 3.94. The molecule has 0 aliphatic heterocycles. The van der Waals surface area contributed by atoms with E-state index in [1.54, 1.807) is 25.3 Å². The van der Waals surface area contributed by atoms with Gasteiger partial charge >= 0.3 is 5.97 Å². The summed E-state index contributed by atoms with van der Waals surface area (Å²) >= 11 is 0. The monoisotopic (exact) mass is 363 g/mol. The van der Waals surface area contributed by atoms with E-state index in [0.29, 0.717) is 29.8 Å². The van der Waals surface area contributed by atoms with Crippen LogP contribution in [0.15, 0.2) is 18.2 Å². The molecule has 2 rings (SSSR count). The SMILES string of the molecule is CCC(C)Oc1ccc(NC(=O)C2(OC)CCCCC2)cc1C(=O)OC. The Morgan fingerprint density at radius 2 is 1.88 bits per heavy atom. The van der Waals surface area contributed by atoms with Crippen molar-refractivity contribution < 1.29 is 23.8 Å². The number of ether oxygens (including phenoxy) is 3. The zero-order valence-electron chi connectivity index (χ0n) is 16.1. The molecule has 1 aromatic carbocycles. The Morgan fingerprint density at radius 3 is 2.46 bits per heavy atom. The molecule has 0 spiro atoms. The summed E-state index contributed by atoms with van der Waals surface area (Å²) in [6.07, 6.45) is 5.25. The molecule has 1 unspecified atom stereocenters. The molecule has 1 N–H and O–H groups in total. The second-order valence-corrected chi connectivity index (χ2v) is 6.75. The van der Waals surface area contributed by atoms with Gasteiger partial charge in [-0.05, 0) is 44.4 Å². The first-order valence-electron chi connectivity index (χ1n) is 9.21. The van der Waals surface area contributed by atoms with Crippen LogP contribution in [-0.4, -0.2) is 37.8 Å². The number of anilines is 1. The molecule has 0 saturated heterocycles. The first kappa shape index (κ1) is 20.2. The molecule has 6 nitrogen and oxygen atoms in total. The van der Waals surface area contributed by atoms with Crippen LogP contribution in [0.2, 0.25) is 0 Å². The predicted molar refractivity (Wildman–Crippen MR) is 99.6 cm³/mol. The lowest BCUT2D eigenvalue weighted by Gasteiger charge is -2.34. The van der Waals surface area contributed by atoms with Gasteiger partial charge in [0.15, 0.2) is 0 Å². The van der Waals surface area contributed by atoms with Crippen molar-refractivity contribution in [3.8, 4) is 5.75 Å². The molecule has 1 atom stereocenters. The zero-order valence-corrected chi connectivity index (χ0v) is 16.1. The first-order valence-corrected chi connectivity index (χ1v) is 9.21. The van der Waals surface area contributed by atoms with Crippen LogP contribution in [0.1, 0.15) is 62.7 Å². The molecule has 0 heterocycles. The molecule has 144 valence electrons. The smallest absolute Gasteiger partial charge is 0.341 e. The molecule has 1 amide bonds. The number of hydrogen-bond acceptors (Lipinski definition) is 5. The Morgan fingerprint density at radius 1 is 1.19 bits per heavy atom. The van der Waals surface area contributed by atoms with Gasteiger partial charge in [-0.15, -0.1) is 0 Å². The van der Waals surface area contributed by atoms with E-state index in [-0.39, 0.29) is 12.0 Å². The summed E-state index contributed by atoms with van der Waals surface area (Å²) < 4.78 is 16.2. The first-order chi connectivity index (χ1) is 12.5. The van der Waals surface area contributed by atoms with E-state index >= 15 is 0 Å². The summed E-state index contributed by atoms with van der Waals surface area (Å²) in [5.41, 5.74) is 0.0184. The number of nitrogens with one attached hydrogen (secondary N) is 1. The number of methoxy groups -OCH3 is 2. The van der Waals surface area contributed by atoms with Crippen molar-refractivity contribution in [2.75, 3.05) is 19.5 Å². The zero-order chi connectivity index (χ0) is 19.2. The number of carbonyl (C=O) groups excluding carboxylic acids is 2. The molecular formula is C20H29NO5. The van der Waals surface area contributed by atoms with Crippen molar-refractivity contribution in [3.63, 3.8) is 0 Å². The van der Waals surface area contributed by atoms with Gasteiger partial charge in [-0.3, -0.25) is 4.79 Å². The van der Waals surface area contributed by atoms with Gasteiger partial charge in [-0.1, -0.05) is 26.2 Å². The number of hydrogen-bond donors (Lipinski definition) is 1. The summed E-state index contributed by atoms with van der Waals surface area (Å²) in [6, 6.07) is 5.01. The van der Waals surface area contributed by atoms with Gasteiger partial charge in [0, 0.05) is 12.8 Å². The number of carbonyl (C=O) groups is 2. The molecule has 1 aliphatic rings. The Bertz CT molecular complexity index is 637. The quantitative estimate of drug-likeness (QED) is 0.743. The average Bonchev–Trinajstić information content (AvgIpc) is 2.68. The van der Waals surface area contributed by atoms with Crippen molar-refractivity contribution in [1.82, 2.24) is 0 Å². The number of benzene rings is 1. The molecule has 26 heavy (non-hydrogen) atoms.